The molecule has 22 heavy (non-hydrogen) atoms. The van der Waals surface area contributed by atoms with Gasteiger partial charge in [0.2, 0.25) is 0 Å². The number of nitro groups is 1. The Kier molecular flexibility index (Phi) is 5.18. The molecule has 0 unspecified atom stereocenters. The van der Waals surface area contributed by atoms with E-state index >= 15 is 0 Å². The van der Waals surface area contributed by atoms with Crippen molar-refractivity contribution in [3.05, 3.63) is 62.1 Å². The molecule has 0 aromatic heterocycles. The van der Waals surface area contributed by atoms with Crippen LogP contribution in [0.4, 0.5) is 17.1 Å². The fourth-order valence-corrected chi connectivity index (χ4v) is 2.44. The molecule has 0 radical (unpaired) electrons. The highest BCUT2D eigenvalue weighted by Gasteiger charge is 2.15. The third-order valence-corrected chi connectivity index (χ3v) is 3.53. The van der Waals surface area contributed by atoms with Crippen LogP contribution >= 0.6 is 35.4 Å². The SMILES string of the molecule is Cc1ccc(NC(=S)Nc2ccc(Cl)cc2Cl)c([N+](=O)[O-])c1. The number of nitro benzene ring substituents is 1. The molecule has 0 amide bonds. The molecule has 0 saturated heterocycles. The molecule has 2 rings (SSSR count). The topological polar surface area (TPSA) is 67.2 Å². The minimum absolute atomic E-state index is 0.0497. The maximum absolute atomic E-state index is 11.1. The quantitative estimate of drug-likeness (QED) is 0.459. The smallest absolute Gasteiger partial charge is 0.292 e. The van der Waals surface area contributed by atoms with Crippen LogP contribution in [-0.2, 0) is 0 Å². The maximum Gasteiger partial charge on any atom is 0.292 e. The zero-order valence-corrected chi connectivity index (χ0v) is 13.7. The predicted octanol–water partition coefficient (Wildman–Crippen LogP) is 5.02. The summed E-state index contributed by atoms with van der Waals surface area (Å²) in [6.07, 6.45) is 0. The van der Waals surface area contributed by atoms with Crippen molar-refractivity contribution in [3.63, 3.8) is 0 Å². The molecule has 0 spiro atoms. The summed E-state index contributed by atoms with van der Waals surface area (Å²) >= 11 is 17.0. The van der Waals surface area contributed by atoms with Gasteiger partial charge >= 0.3 is 0 Å². The van der Waals surface area contributed by atoms with Crippen LogP contribution in [0.3, 0.4) is 0 Å². The van der Waals surface area contributed by atoms with Gasteiger partial charge in [0.25, 0.3) is 5.69 Å². The second kappa shape index (κ2) is 6.91. The second-order valence-electron chi connectivity index (χ2n) is 4.48. The predicted molar refractivity (Wildman–Crippen MR) is 94.1 cm³/mol. The van der Waals surface area contributed by atoms with E-state index in [1.807, 2.05) is 0 Å². The average molecular weight is 356 g/mol. The summed E-state index contributed by atoms with van der Waals surface area (Å²) in [7, 11) is 0. The summed E-state index contributed by atoms with van der Waals surface area (Å²) < 4.78 is 0. The summed E-state index contributed by atoms with van der Waals surface area (Å²) in [6.45, 7) is 1.78. The fraction of sp³-hybridized carbons (Fsp3) is 0.0714. The first-order valence-electron chi connectivity index (χ1n) is 6.15. The molecular weight excluding hydrogens is 345 g/mol. The van der Waals surface area contributed by atoms with E-state index in [0.717, 1.165) is 5.56 Å². The van der Waals surface area contributed by atoms with Gasteiger partial charge in [-0.3, -0.25) is 10.1 Å². The van der Waals surface area contributed by atoms with Crippen molar-refractivity contribution >= 4 is 57.6 Å². The first kappa shape index (κ1) is 16.5. The molecular formula is C14H11Cl2N3O2S. The van der Waals surface area contributed by atoms with Gasteiger partial charge < -0.3 is 10.6 Å². The van der Waals surface area contributed by atoms with Crippen LogP contribution in [-0.4, -0.2) is 10.0 Å². The van der Waals surface area contributed by atoms with Crippen molar-refractivity contribution in [1.82, 2.24) is 0 Å². The molecule has 0 bridgehead atoms. The van der Waals surface area contributed by atoms with Crippen LogP contribution in [0, 0.1) is 17.0 Å². The molecule has 0 aliphatic heterocycles. The maximum atomic E-state index is 11.1. The second-order valence-corrected chi connectivity index (χ2v) is 5.73. The van der Waals surface area contributed by atoms with Crippen LogP contribution in [0.25, 0.3) is 0 Å². The Morgan fingerprint density at radius 1 is 1.14 bits per heavy atom. The Hall–Kier alpha value is -1.89. The van der Waals surface area contributed by atoms with E-state index in [2.05, 4.69) is 10.6 Å². The highest BCUT2D eigenvalue weighted by molar-refractivity contribution is 7.80. The van der Waals surface area contributed by atoms with Crippen molar-refractivity contribution in [2.24, 2.45) is 0 Å². The summed E-state index contributed by atoms with van der Waals surface area (Å²) in [5, 5.41) is 17.8. The first-order chi connectivity index (χ1) is 10.4. The lowest BCUT2D eigenvalue weighted by Gasteiger charge is -2.12. The molecule has 8 heteroatoms. The fourth-order valence-electron chi connectivity index (χ4n) is 1.77. The van der Waals surface area contributed by atoms with Gasteiger partial charge in [-0.1, -0.05) is 29.3 Å². The van der Waals surface area contributed by atoms with E-state index in [-0.39, 0.29) is 10.8 Å². The van der Waals surface area contributed by atoms with Gasteiger partial charge in [-0.05, 0) is 49.0 Å². The summed E-state index contributed by atoms with van der Waals surface area (Å²) in [5.41, 5.74) is 1.60. The van der Waals surface area contributed by atoms with Crippen LogP contribution in [0.15, 0.2) is 36.4 Å². The number of halogens is 2. The summed E-state index contributed by atoms with van der Waals surface area (Å²) in [6, 6.07) is 9.73. The minimum Gasteiger partial charge on any atom is -0.331 e. The van der Waals surface area contributed by atoms with Crippen molar-refractivity contribution in [2.45, 2.75) is 6.92 Å². The van der Waals surface area contributed by atoms with Gasteiger partial charge in [-0.25, -0.2) is 0 Å². The molecule has 2 aromatic carbocycles. The highest BCUT2D eigenvalue weighted by atomic mass is 35.5. The van der Waals surface area contributed by atoms with Gasteiger partial charge in [0.15, 0.2) is 5.11 Å². The Morgan fingerprint density at radius 2 is 1.77 bits per heavy atom. The van der Waals surface area contributed by atoms with E-state index in [0.29, 0.717) is 21.4 Å². The van der Waals surface area contributed by atoms with Crippen LogP contribution in [0.2, 0.25) is 10.0 Å². The van der Waals surface area contributed by atoms with Crippen LogP contribution in [0.1, 0.15) is 5.56 Å². The Morgan fingerprint density at radius 3 is 2.41 bits per heavy atom. The van der Waals surface area contributed by atoms with Gasteiger partial charge in [-0.15, -0.1) is 0 Å². The van der Waals surface area contributed by atoms with Crippen LogP contribution < -0.4 is 10.6 Å². The third kappa shape index (κ3) is 4.07. The third-order valence-electron chi connectivity index (χ3n) is 2.78. The molecule has 114 valence electrons. The minimum atomic E-state index is -0.465. The van der Waals surface area contributed by atoms with Crippen LogP contribution in [0.5, 0.6) is 0 Å². The number of hydrogen-bond acceptors (Lipinski definition) is 3. The molecule has 5 nitrogen and oxygen atoms in total. The molecule has 0 fully saturated rings. The van der Waals surface area contributed by atoms with Gasteiger partial charge in [-0.2, -0.15) is 0 Å². The number of rotatable bonds is 3. The average Bonchev–Trinajstić information content (AvgIpc) is 2.43. The molecule has 0 aliphatic rings. The van der Waals surface area contributed by atoms with Gasteiger partial charge in [0, 0.05) is 11.1 Å². The zero-order chi connectivity index (χ0) is 16.3. The highest BCUT2D eigenvalue weighted by Crippen LogP contribution is 2.27. The van der Waals surface area contributed by atoms with Crippen molar-refractivity contribution < 1.29 is 4.92 Å². The summed E-state index contributed by atoms with van der Waals surface area (Å²) in [5.74, 6) is 0. The Bertz CT molecular complexity index is 753. The number of benzene rings is 2. The van der Waals surface area contributed by atoms with E-state index < -0.39 is 4.92 Å². The molecule has 0 saturated carbocycles. The largest absolute Gasteiger partial charge is 0.331 e. The monoisotopic (exact) mass is 355 g/mol. The normalized spacial score (nSPS) is 10.1. The summed E-state index contributed by atoms with van der Waals surface area (Å²) in [4.78, 5) is 10.6. The van der Waals surface area contributed by atoms with Gasteiger partial charge in [0.05, 0.1) is 15.6 Å². The van der Waals surface area contributed by atoms with E-state index in [1.165, 1.54) is 6.07 Å². The molecule has 0 heterocycles. The number of aryl methyl sites for hydroxylation is 1. The number of nitrogens with zero attached hydrogens (tertiary/aromatic N) is 1. The lowest BCUT2D eigenvalue weighted by Crippen LogP contribution is -2.20. The number of thiocarbonyl (C=S) groups is 1. The van der Waals surface area contributed by atoms with E-state index in [9.17, 15) is 10.1 Å². The lowest BCUT2D eigenvalue weighted by atomic mass is 10.2. The van der Waals surface area contributed by atoms with Gasteiger partial charge in [0.1, 0.15) is 5.69 Å². The Balaban J connectivity index is 2.17. The van der Waals surface area contributed by atoms with Crippen molar-refractivity contribution in [3.8, 4) is 0 Å². The number of hydrogen-bond donors (Lipinski definition) is 2. The molecule has 0 atom stereocenters. The molecule has 2 N–H and O–H groups in total. The first-order valence-corrected chi connectivity index (χ1v) is 7.31. The molecule has 0 aliphatic carbocycles. The Labute approximate surface area is 142 Å². The number of anilines is 2. The zero-order valence-electron chi connectivity index (χ0n) is 11.4. The van der Waals surface area contributed by atoms with Crippen molar-refractivity contribution in [2.75, 3.05) is 10.6 Å². The van der Waals surface area contributed by atoms with Crippen molar-refractivity contribution in [1.29, 1.82) is 0 Å². The van der Waals surface area contributed by atoms with E-state index in [1.54, 1.807) is 37.3 Å². The standard InChI is InChI=1S/C14H11Cl2N3O2S/c1-8-2-4-12(13(6-8)19(20)21)18-14(22)17-11-5-3-9(15)7-10(11)16/h2-7H,1H3,(H2,17,18,22). The number of nitrogens with one attached hydrogen (secondary N) is 2. The van der Waals surface area contributed by atoms with E-state index in [4.69, 9.17) is 35.4 Å². The molecule has 2 aromatic rings. The lowest BCUT2D eigenvalue weighted by molar-refractivity contribution is -0.383.